The molecule has 0 N–H and O–H groups in total. The van der Waals surface area contributed by atoms with Gasteiger partial charge in [0.15, 0.2) is 0 Å². The summed E-state index contributed by atoms with van der Waals surface area (Å²) in [5, 5.41) is 0. The number of hydrogen-bond donors (Lipinski definition) is 0. The largest absolute Gasteiger partial charge is 0.483 e. The first-order chi connectivity index (χ1) is 10.0. The molecule has 21 heavy (non-hydrogen) atoms. The zero-order valence-electron chi connectivity index (χ0n) is 13.6. The van der Waals surface area contributed by atoms with Gasteiger partial charge in [-0.3, -0.25) is 0 Å². The predicted molar refractivity (Wildman–Crippen MR) is 91.4 cm³/mol. The van der Waals surface area contributed by atoms with E-state index in [1.807, 2.05) is 0 Å². The predicted octanol–water partition coefficient (Wildman–Crippen LogP) is 3.50. The van der Waals surface area contributed by atoms with Crippen LogP contribution < -0.4 is 0 Å². The summed E-state index contributed by atoms with van der Waals surface area (Å²) in [5.74, 6) is 1.85. The lowest BCUT2D eigenvalue weighted by molar-refractivity contribution is 0.335. The number of methoxy groups -OCH3 is 2. The van der Waals surface area contributed by atoms with Gasteiger partial charge in [0.2, 0.25) is 11.8 Å². The molecule has 2 heterocycles. The molecule has 2 atom stereocenters. The van der Waals surface area contributed by atoms with Crippen molar-refractivity contribution in [3.63, 3.8) is 0 Å². The number of rotatable bonds is 4. The Labute approximate surface area is 134 Å². The molecule has 0 aromatic heterocycles. The summed E-state index contributed by atoms with van der Waals surface area (Å²) in [5.41, 5.74) is 0.825. The quantitative estimate of drug-likeness (QED) is 0.585. The lowest BCUT2D eigenvalue weighted by atomic mass is 10.0. The maximum absolute atomic E-state index is 6.33. The van der Waals surface area contributed by atoms with Crippen molar-refractivity contribution < 1.29 is 9.47 Å². The van der Waals surface area contributed by atoms with E-state index in [0.717, 1.165) is 23.3 Å². The normalized spacial score (nSPS) is 28.3. The summed E-state index contributed by atoms with van der Waals surface area (Å²) < 4.78 is 11.0. The SMILES string of the molecule is COC1=N[C@H](C(C)C)C(OC)=N[C@H]1C[Si]1(CCl)CCCC1. The average Bonchev–Trinajstić information content (AvgIpc) is 2.95. The highest BCUT2D eigenvalue weighted by Crippen LogP contribution is 2.37. The van der Waals surface area contributed by atoms with E-state index >= 15 is 0 Å². The van der Waals surface area contributed by atoms with Gasteiger partial charge in [-0.15, -0.1) is 11.6 Å². The fourth-order valence-corrected chi connectivity index (χ4v) is 8.67. The number of alkyl halides is 1. The molecule has 0 bridgehead atoms. The average molecular weight is 331 g/mol. The topological polar surface area (TPSA) is 43.2 Å². The van der Waals surface area contributed by atoms with E-state index in [9.17, 15) is 0 Å². The van der Waals surface area contributed by atoms with E-state index in [4.69, 9.17) is 31.1 Å². The molecule has 120 valence electrons. The molecule has 4 nitrogen and oxygen atoms in total. The Morgan fingerprint density at radius 1 is 1.14 bits per heavy atom. The van der Waals surface area contributed by atoms with Crippen LogP contribution in [0.5, 0.6) is 0 Å². The lowest BCUT2D eigenvalue weighted by Crippen LogP contribution is -2.43. The zero-order valence-corrected chi connectivity index (χ0v) is 15.3. The fraction of sp³-hybridized carbons (Fsp3) is 0.867. The van der Waals surface area contributed by atoms with Gasteiger partial charge >= 0.3 is 0 Å². The molecule has 0 radical (unpaired) electrons. The maximum Gasteiger partial charge on any atom is 0.209 e. The minimum atomic E-state index is -1.40. The lowest BCUT2D eigenvalue weighted by Gasteiger charge is -2.32. The number of ether oxygens (including phenoxy) is 2. The van der Waals surface area contributed by atoms with Gasteiger partial charge in [0.1, 0.15) is 12.1 Å². The van der Waals surface area contributed by atoms with E-state index in [2.05, 4.69) is 13.8 Å². The van der Waals surface area contributed by atoms with Crippen LogP contribution >= 0.6 is 11.6 Å². The van der Waals surface area contributed by atoms with Crippen molar-refractivity contribution in [1.29, 1.82) is 0 Å². The van der Waals surface area contributed by atoms with Gasteiger partial charge in [-0.05, 0) is 12.0 Å². The Morgan fingerprint density at radius 2 is 1.76 bits per heavy atom. The van der Waals surface area contributed by atoms with Gasteiger partial charge < -0.3 is 9.47 Å². The molecular formula is C15H27ClN2O2Si. The second-order valence-corrected chi connectivity index (χ2v) is 12.1. The van der Waals surface area contributed by atoms with Gasteiger partial charge in [-0.1, -0.05) is 38.8 Å². The Kier molecular flexibility index (Phi) is 5.71. The van der Waals surface area contributed by atoms with E-state index < -0.39 is 8.07 Å². The summed E-state index contributed by atoms with van der Waals surface area (Å²) in [6, 6.07) is 3.65. The summed E-state index contributed by atoms with van der Waals surface area (Å²) in [6.07, 6.45) is 2.64. The molecule has 6 heteroatoms. The minimum absolute atomic E-state index is 0.00321. The highest BCUT2D eigenvalue weighted by atomic mass is 35.5. The summed E-state index contributed by atoms with van der Waals surface area (Å²) in [6.45, 7) is 4.25. The smallest absolute Gasteiger partial charge is 0.209 e. The van der Waals surface area contributed by atoms with Crippen LogP contribution in [0.2, 0.25) is 18.1 Å². The second kappa shape index (κ2) is 7.14. The van der Waals surface area contributed by atoms with Crippen LogP contribution in [0.15, 0.2) is 9.98 Å². The molecule has 0 unspecified atom stereocenters. The molecule has 2 aliphatic heterocycles. The first-order valence-electron chi connectivity index (χ1n) is 7.84. The summed E-state index contributed by atoms with van der Waals surface area (Å²) >= 11 is 6.33. The monoisotopic (exact) mass is 330 g/mol. The third kappa shape index (κ3) is 3.62. The van der Waals surface area contributed by atoms with Crippen molar-refractivity contribution in [3.05, 3.63) is 0 Å². The highest BCUT2D eigenvalue weighted by Gasteiger charge is 2.41. The molecule has 0 saturated carbocycles. The van der Waals surface area contributed by atoms with Crippen molar-refractivity contribution in [1.82, 2.24) is 0 Å². The molecule has 2 aliphatic rings. The Bertz CT molecular complexity index is 420. The van der Waals surface area contributed by atoms with Gasteiger partial charge in [0.25, 0.3) is 0 Å². The van der Waals surface area contributed by atoms with Crippen molar-refractivity contribution in [3.8, 4) is 0 Å². The molecular weight excluding hydrogens is 304 g/mol. The van der Waals surface area contributed by atoms with Crippen molar-refractivity contribution >= 4 is 31.5 Å². The molecule has 1 fully saturated rings. The minimum Gasteiger partial charge on any atom is -0.483 e. The zero-order chi connectivity index (χ0) is 15.5. The third-order valence-corrected chi connectivity index (χ3v) is 11.1. The van der Waals surface area contributed by atoms with Crippen LogP contribution in [0.25, 0.3) is 0 Å². The summed E-state index contributed by atoms with van der Waals surface area (Å²) in [7, 11) is 1.98. The van der Waals surface area contributed by atoms with E-state index in [-0.39, 0.29) is 12.1 Å². The van der Waals surface area contributed by atoms with Gasteiger partial charge in [0.05, 0.1) is 22.3 Å². The fourth-order valence-electron chi connectivity index (χ4n) is 3.42. The number of hydrogen-bond acceptors (Lipinski definition) is 4. The standard InChI is InChI=1S/C15H27ClN2O2Si/c1-11(2)13-15(20-4)17-12(14(18-13)19-3)9-21(10-16)7-5-6-8-21/h11-13H,5-10H2,1-4H3/t12-,13+/m0/s1. The molecule has 1 saturated heterocycles. The van der Waals surface area contributed by atoms with Crippen LogP contribution in [0.1, 0.15) is 26.7 Å². The van der Waals surface area contributed by atoms with Crippen molar-refractivity contribution in [2.45, 2.75) is 56.9 Å². The number of halogens is 1. The maximum atomic E-state index is 6.33. The summed E-state index contributed by atoms with van der Waals surface area (Å²) in [4.78, 5) is 9.59. The van der Waals surface area contributed by atoms with Crippen LogP contribution in [-0.4, -0.2) is 51.7 Å². The van der Waals surface area contributed by atoms with E-state index in [1.165, 1.54) is 24.9 Å². The van der Waals surface area contributed by atoms with Gasteiger partial charge in [-0.25, -0.2) is 9.98 Å². The van der Waals surface area contributed by atoms with Crippen molar-refractivity contribution in [2.24, 2.45) is 15.9 Å². The van der Waals surface area contributed by atoms with Gasteiger partial charge in [-0.2, -0.15) is 0 Å². The molecule has 0 aromatic rings. The number of nitrogens with zero attached hydrogens (tertiary/aromatic N) is 2. The molecule has 0 aromatic carbocycles. The Hall–Kier alpha value is -0.553. The van der Waals surface area contributed by atoms with Gasteiger partial charge in [0, 0.05) is 5.50 Å². The second-order valence-electron chi connectivity index (χ2n) is 6.59. The molecule has 2 rings (SSSR count). The van der Waals surface area contributed by atoms with Crippen LogP contribution in [0.3, 0.4) is 0 Å². The van der Waals surface area contributed by atoms with Crippen LogP contribution in [0, 0.1) is 5.92 Å². The molecule has 0 aliphatic carbocycles. The molecule has 0 amide bonds. The molecule has 0 spiro atoms. The first kappa shape index (κ1) is 16.8. The van der Waals surface area contributed by atoms with E-state index in [1.54, 1.807) is 14.2 Å². The van der Waals surface area contributed by atoms with Crippen molar-refractivity contribution in [2.75, 3.05) is 19.7 Å². The van der Waals surface area contributed by atoms with Crippen LogP contribution in [-0.2, 0) is 9.47 Å². The highest BCUT2D eigenvalue weighted by molar-refractivity contribution is 6.86. The van der Waals surface area contributed by atoms with Crippen LogP contribution in [0.4, 0.5) is 0 Å². The Morgan fingerprint density at radius 3 is 2.24 bits per heavy atom. The number of aliphatic imine (C=N–C) groups is 2. The van der Waals surface area contributed by atoms with E-state index in [0.29, 0.717) is 5.92 Å². The third-order valence-electron chi connectivity index (χ3n) is 4.71. The Balaban J connectivity index is 2.21. The first-order valence-corrected chi connectivity index (χ1v) is 11.2.